The maximum atomic E-state index is 16.9. The summed E-state index contributed by atoms with van der Waals surface area (Å²) in [6, 6.07) is 5.37. The summed E-state index contributed by atoms with van der Waals surface area (Å²) < 4.78 is 58.8. The number of hydrogen-bond donors (Lipinski definition) is 1. The Hall–Kier alpha value is -4.30. The Labute approximate surface area is 251 Å². The van der Waals surface area contributed by atoms with E-state index in [1.165, 1.54) is 24.3 Å². The average Bonchev–Trinajstić information content (AvgIpc) is 3.70. The molecule has 0 radical (unpaired) electrons. The Morgan fingerprint density at radius 1 is 1.16 bits per heavy atom. The third-order valence-corrected chi connectivity index (χ3v) is 9.81. The van der Waals surface area contributed by atoms with Gasteiger partial charge in [-0.2, -0.15) is 9.97 Å². The molecule has 2 aromatic carbocycles. The highest BCUT2D eigenvalue weighted by molar-refractivity contribution is 6.04. The van der Waals surface area contributed by atoms with Crippen LogP contribution in [0.2, 0.25) is 0 Å². The molecule has 0 aliphatic carbocycles. The Morgan fingerprint density at radius 3 is 2.86 bits per heavy atom. The zero-order valence-corrected chi connectivity index (χ0v) is 24.1. The van der Waals surface area contributed by atoms with Crippen molar-refractivity contribution in [2.24, 2.45) is 0 Å². The molecule has 0 saturated carbocycles. The number of benzene rings is 2. The quantitative estimate of drug-likeness (QED) is 0.307. The second-order valence-electron chi connectivity index (χ2n) is 12.4. The lowest BCUT2D eigenvalue weighted by Crippen LogP contribution is -2.43. The zero-order valence-electron chi connectivity index (χ0n) is 24.1. The maximum Gasteiger partial charge on any atom is 0.319 e. The van der Waals surface area contributed by atoms with Gasteiger partial charge in [-0.25, -0.2) is 18.2 Å². The van der Waals surface area contributed by atoms with Crippen LogP contribution in [0.5, 0.6) is 17.6 Å². The highest BCUT2D eigenvalue weighted by Gasteiger charge is 2.49. The summed E-state index contributed by atoms with van der Waals surface area (Å²) in [4.78, 5) is 18.2. The number of hydrogen-bond acceptors (Lipinski definition) is 8. The number of fused-ring (bicyclic) bond motifs is 4. The van der Waals surface area contributed by atoms with E-state index in [0.29, 0.717) is 36.1 Å². The third-order valence-electron chi connectivity index (χ3n) is 9.81. The monoisotopic (exact) mass is 601 g/mol. The Bertz CT molecular complexity index is 1900. The highest BCUT2D eigenvalue weighted by Crippen LogP contribution is 2.46. The molecule has 0 spiro atoms. The third kappa shape index (κ3) is 4.00. The van der Waals surface area contributed by atoms with Crippen molar-refractivity contribution in [1.29, 1.82) is 0 Å². The minimum absolute atomic E-state index is 0.0191. The first-order valence-corrected chi connectivity index (χ1v) is 15.0. The van der Waals surface area contributed by atoms with E-state index in [1.807, 2.05) is 6.92 Å². The van der Waals surface area contributed by atoms with E-state index in [4.69, 9.17) is 20.9 Å². The molecule has 0 bridgehead atoms. The smallest absolute Gasteiger partial charge is 0.319 e. The SMILES string of the molecule is C#Cc1c(F)ccc2cc(O)cc(-c3nc4c5c(nc(OC[C@@]67CCCN6C[C@H](F)C7)nc5c3F)N3CCC[C@H]3[C@@H](C)O4)c12. The molecular weight excluding hydrogens is 571 g/mol. The minimum atomic E-state index is -0.923. The standard InChI is InChI=1S/C33H30F3N5O3/c1-3-21-23(35)8-7-18-12-20(42)13-22(25(18)21)28-27(36)29-26-30(41-11-4-6-24(41)17(2)44-31(26)37-28)39-32(38-29)43-16-33-9-5-10-40(33)15-19(34)14-33/h1,7-8,12-13,17,19,24,42H,4-6,9-11,14-16H2,2H3/t17-,19-,24+,33+/m1/s1. The number of alkyl halides is 1. The zero-order chi connectivity index (χ0) is 30.3. The lowest BCUT2D eigenvalue weighted by molar-refractivity contribution is 0.107. The summed E-state index contributed by atoms with van der Waals surface area (Å²) in [6.45, 7) is 4.00. The van der Waals surface area contributed by atoms with Gasteiger partial charge >= 0.3 is 6.01 Å². The molecule has 0 amide bonds. The topological polar surface area (TPSA) is 83.8 Å². The van der Waals surface area contributed by atoms with Gasteiger partial charge in [0.1, 0.15) is 52.9 Å². The first-order valence-electron chi connectivity index (χ1n) is 15.0. The van der Waals surface area contributed by atoms with Gasteiger partial charge in [-0.15, -0.1) is 6.42 Å². The number of aromatic nitrogens is 3. The minimum Gasteiger partial charge on any atom is -0.508 e. The van der Waals surface area contributed by atoms with Gasteiger partial charge in [0.2, 0.25) is 5.88 Å². The number of anilines is 1. The van der Waals surface area contributed by atoms with E-state index in [2.05, 4.69) is 25.7 Å². The van der Waals surface area contributed by atoms with Crippen LogP contribution in [-0.2, 0) is 0 Å². The van der Waals surface area contributed by atoms with Gasteiger partial charge in [0.25, 0.3) is 0 Å². The van der Waals surface area contributed by atoms with Crippen LogP contribution in [0.1, 0.15) is 44.6 Å². The number of halogens is 3. The fourth-order valence-corrected chi connectivity index (χ4v) is 7.84. The summed E-state index contributed by atoms with van der Waals surface area (Å²) in [6.07, 6.45) is 8.36. The van der Waals surface area contributed by atoms with Crippen LogP contribution in [-0.4, -0.2) is 75.1 Å². The summed E-state index contributed by atoms with van der Waals surface area (Å²) >= 11 is 0. The van der Waals surface area contributed by atoms with E-state index < -0.39 is 23.3 Å². The van der Waals surface area contributed by atoms with Crippen molar-refractivity contribution >= 4 is 27.5 Å². The second-order valence-corrected chi connectivity index (χ2v) is 12.4. The summed E-state index contributed by atoms with van der Waals surface area (Å²) in [5, 5.41) is 11.6. The molecule has 0 unspecified atom stereocenters. The number of aromatic hydroxyl groups is 1. The molecule has 11 heteroatoms. The van der Waals surface area contributed by atoms with E-state index in [0.717, 1.165) is 32.2 Å². The van der Waals surface area contributed by atoms with Crippen LogP contribution in [0.25, 0.3) is 32.9 Å². The first kappa shape index (κ1) is 27.3. The number of nitrogens with zero attached hydrogens (tertiary/aromatic N) is 5. The number of rotatable bonds is 4. The van der Waals surface area contributed by atoms with Crippen LogP contribution in [0.15, 0.2) is 24.3 Å². The fraction of sp³-hybridized carbons (Fsp3) is 0.424. The maximum absolute atomic E-state index is 16.9. The molecule has 8 nitrogen and oxygen atoms in total. The average molecular weight is 602 g/mol. The number of phenols is 1. The normalized spacial score (nSPS) is 26.0. The molecule has 226 valence electrons. The molecule has 8 rings (SSSR count). The molecule has 3 fully saturated rings. The Balaban J connectivity index is 1.34. The Morgan fingerprint density at radius 2 is 2.02 bits per heavy atom. The van der Waals surface area contributed by atoms with Crippen molar-refractivity contribution in [3.8, 4) is 41.2 Å². The largest absolute Gasteiger partial charge is 0.508 e. The van der Waals surface area contributed by atoms with Crippen LogP contribution >= 0.6 is 0 Å². The predicted molar refractivity (Wildman–Crippen MR) is 159 cm³/mol. The number of phenolic OH excluding ortho intramolecular Hbond substituents is 1. The van der Waals surface area contributed by atoms with Gasteiger partial charge in [0, 0.05) is 30.5 Å². The van der Waals surface area contributed by atoms with Gasteiger partial charge in [-0.1, -0.05) is 12.0 Å². The molecule has 4 aliphatic rings. The van der Waals surface area contributed by atoms with Crippen LogP contribution in [0, 0.1) is 24.0 Å². The molecule has 6 heterocycles. The van der Waals surface area contributed by atoms with Gasteiger partial charge < -0.3 is 19.5 Å². The van der Waals surface area contributed by atoms with Crippen molar-refractivity contribution < 1.29 is 27.8 Å². The molecule has 2 aromatic heterocycles. The molecule has 4 atom stereocenters. The first-order chi connectivity index (χ1) is 21.3. The van der Waals surface area contributed by atoms with E-state index in [1.54, 1.807) is 0 Å². The fourth-order valence-electron chi connectivity index (χ4n) is 7.84. The highest BCUT2D eigenvalue weighted by atomic mass is 19.1. The van der Waals surface area contributed by atoms with E-state index in [-0.39, 0.29) is 64.1 Å². The lowest BCUT2D eigenvalue weighted by Gasteiger charge is -2.31. The number of pyridine rings is 1. The van der Waals surface area contributed by atoms with Crippen molar-refractivity contribution in [1.82, 2.24) is 19.9 Å². The van der Waals surface area contributed by atoms with Gasteiger partial charge in [0.05, 0.1) is 17.1 Å². The van der Waals surface area contributed by atoms with E-state index in [9.17, 15) is 13.9 Å². The van der Waals surface area contributed by atoms with Crippen molar-refractivity contribution in [2.75, 3.05) is 31.1 Å². The Kier molecular flexibility index (Phi) is 6.11. The van der Waals surface area contributed by atoms with Crippen LogP contribution in [0.4, 0.5) is 19.0 Å². The van der Waals surface area contributed by atoms with Gasteiger partial charge in [-0.05, 0) is 62.7 Å². The molecule has 1 N–H and O–H groups in total. The van der Waals surface area contributed by atoms with Crippen molar-refractivity contribution in [3.63, 3.8) is 0 Å². The summed E-state index contributed by atoms with van der Waals surface area (Å²) in [7, 11) is 0. The molecule has 3 saturated heterocycles. The molecule has 4 aromatic rings. The number of ether oxygens (including phenoxy) is 2. The molecule has 4 aliphatic heterocycles. The second kappa shape index (κ2) is 9.86. The molecule has 44 heavy (non-hydrogen) atoms. The molecular formula is C33H30F3N5O3. The summed E-state index contributed by atoms with van der Waals surface area (Å²) in [5.41, 5.74) is -0.683. The number of terminal acetylenes is 1. The van der Waals surface area contributed by atoms with Gasteiger partial charge in [-0.3, -0.25) is 4.90 Å². The predicted octanol–water partition coefficient (Wildman–Crippen LogP) is 5.52. The lowest BCUT2D eigenvalue weighted by atomic mass is 9.95. The van der Waals surface area contributed by atoms with Crippen LogP contribution < -0.4 is 14.4 Å². The van der Waals surface area contributed by atoms with Crippen molar-refractivity contribution in [3.05, 3.63) is 41.5 Å². The van der Waals surface area contributed by atoms with E-state index >= 15 is 4.39 Å². The van der Waals surface area contributed by atoms with Crippen molar-refractivity contribution in [2.45, 2.75) is 62.9 Å². The van der Waals surface area contributed by atoms with Gasteiger partial charge in [0.15, 0.2) is 5.82 Å². The summed E-state index contributed by atoms with van der Waals surface area (Å²) in [5.74, 6) is 1.34. The van der Waals surface area contributed by atoms with Crippen LogP contribution in [0.3, 0.4) is 0 Å².